The van der Waals surface area contributed by atoms with Gasteiger partial charge in [-0.15, -0.1) is 0 Å². The molecule has 1 rings (SSSR count). The summed E-state index contributed by atoms with van der Waals surface area (Å²) in [5.41, 5.74) is 0.233. The summed E-state index contributed by atoms with van der Waals surface area (Å²) in [6.07, 6.45) is 5.97. The molecule has 0 saturated carbocycles. The molecule has 1 heterocycles. The van der Waals surface area contributed by atoms with Crippen molar-refractivity contribution in [1.29, 1.82) is 0 Å². The molecule has 3 unspecified atom stereocenters. The van der Waals surface area contributed by atoms with Gasteiger partial charge in [0.1, 0.15) is 0 Å². The summed E-state index contributed by atoms with van der Waals surface area (Å²) in [4.78, 5) is 0. The molecule has 16 heavy (non-hydrogen) atoms. The van der Waals surface area contributed by atoms with Gasteiger partial charge in [0, 0.05) is 5.54 Å². The zero-order valence-electron chi connectivity index (χ0n) is 11.7. The van der Waals surface area contributed by atoms with Crippen LogP contribution in [-0.4, -0.2) is 24.3 Å². The quantitative estimate of drug-likeness (QED) is 0.777. The molecule has 3 atom stereocenters. The van der Waals surface area contributed by atoms with Crippen molar-refractivity contribution in [1.82, 2.24) is 5.32 Å². The predicted octanol–water partition coefficient (Wildman–Crippen LogP) is 3.36. The molecule has 0 amide bonds. The van der Waals surface area contributed by atoms with Crippen molar-refractivity contribution in [2.24, 2.45) is 5.92 Å². The summed E-state index contributed by atoms with van der Waals surface area (Å²) in [5, 5.41) is 3.60. The van der Waals surface area contributed by atoms with Gasteiger partial charge in [-0.2, -0.15) is 0 Å². The summed E-state index contributed by atoms with van der Waals surface area (Å²) in [6.45, 7) is 12.3. The molecular weight excluding hydrogens is 198 g/mol. The summed E-state index contributed by atoms with van der Waals surface area (Å²) >= 11 is 0. The maximum absolute atomic E-state index is 5.90. The lowest BCUT2D eigenvalue weighted by molar-refractivity contribution is 0.0398. The first-order valence-corrected chi connectivity index (χ1v) is 6.81. The van der Waals surface area contributed by atoms with Gasteiger partial charge in [0.05, 0.1) is 12.2 Å². The molecule has 0 bridgehead atoms. The first-order valence-electron chi connectivity index (χ1n) is 6.81. The Morgan fingerprint density at radius 2 is 2.00 bits per heavy atom. The Hall–Kier alpha value is -0.0800. The van der Waals surface area contributed by atoms with E-state index >= 15 is 0 Å². The first kappa shape index (κ1) is 14.0. The number of ether oxygens (including phenoxy) is 1. The zero-order chi connectivity index (χ0) is 12.2. The van der Waals surface area contributed by atoms with Crippen LogP contribution in [0.3, 0.4) is 0 Å². The first-order chi connectivity index (χ1) is 7.40. The van der Waals surface area contributed by atoms with Crippen molar-refractivity contribution in [3.05, 3.63) is 0 Å². The molecule has 0 spiro atoms. The van der Waals surface area contributed by atoms with Gasteiger partial charge < -0.3 is 10.1 Å². The number of hydrogen-bond acceptors (Lipinski definition) is 2. The molecule has 0 aromatic rings. The summed E-state index contributed by atoms with van der Waals surface area (Å²) in [5.74, 6) is 0.759. The minimum Gasteiger partial charge on any atom is -0.375 e. The van der Waals surface area contributed by atoms with Crippen LogP contribution >= 0.6 is 0 Å². The highest BCUT2D eigenvalue weighted by Gasteiger charge is 2.24. The van der Waals surface area contributed by atoms with Gasteiger partial charge in [-0.3, -0.25) is 0 Å². The SMILES string of the molecule is CCC(CNC(C)(C)C)CC1CCC(C)O1. The van der Waals surface area contributed by atoms with Crippen molar-refractivity contribution < 1.29 is 4.74 Å². The second-order valence-electron chi connectivity index (χ2n) is 6.29. The Labute approximate surface area is 101 Å². The monoisotopic (exact) mass is 227 g/mol. The lowest BCUT2D eigenvalue weighted by Gasteiger charge is -2.26. The standard InChI is InChI=1S/C14H29NO/c1-6-12(10-15-14(3,4)5)9-13-8-7-11(2)16-13/h11-13,15H,6-10H2,1-5H3. The van der Waals surface area contributed by atoms with Crippen LogP contribution in [0.25, 0.3) is 0 Å². The van der Waals surface area contributed by atoms with Gasteiger partial charge in [-0.05, 0) is 59.4 Å². The fourth-order valence-corrected chi connectivity index (χ4v) is 2.28. The lowest BCUT2D eigenvalue weighted by Crippen LogP contribution is -2.39. The van der Waals surface area contributed by atoms with E-state index in [1.165, 1.54) is 25.7 Å². The van der Waals surface area contributed by atoms with E-state index in [2.05, 4.69) is 39.9 Å². The normalized spacial score (nSPS) is 28.3. The Balaban J connectivity index is 2.26. The van der Waals surface area contributed by atoms with E-state index in [0.717, 1.165) is 12.5 Å². The van der Waals surface area contributed by atoms with E-state index < -0.39 is 0 Å². The molecule has 0 radical (unpaired) electrons. The fourth-order valence-electron chi connectivity index (χ4n) is 2.28. The van der Waals surface area contributed by atoms with Crippen LogP contribution in [0.1, 0.15) is 60.3 Å². The predicted molar refractivity (Wildman–Crippen MR) is 69.7 cm³/mol. The fraction of sp³-hybridized carbons (Fsp3) is 1.00. The van der Waals surface area contributed by atoms with Gasteiger partial charge in [0.2, 0.25) is 0 Å². The topological polar surface area (TPSA) is 21.3 Å². The van der Waals surface area contributed by atoms with E-state index in [1.54, 1.807) is 0 Å². The molecule has 1 fully saturated rings. The highest BCUT2D eigenvalue weighted by Crippen LogP contribution is 2.25. The minimum atomic E-state index is 0.233. The third-order valence-corrected chi connectivity index (χ3v) is 3.41. The van der Waals surface area contributed by atoms with Crippen LogP contribution in [0.5, 0.6) is 0 Å². The van der Waals surface area contributed by atoms with Crippen LogP contribution in [0.4, 0.5) is 0 Å². The molecule has 1 saturated heterocycles. The Bertz CT molecular complexity index is 197. The van der Waals surface area contributed by atoms with Crippen LogP contribution in [0.2, 0.25) is 0 Å². The second kappa shape index (κ2) is 6.02. The Morgan fingerprint density at radius 3 is 2.44 bits per heavy atom. The van der Waals surface area contributed by atoms with Crippen LogP contribution < -0.4 is 5.32 Å². The molecule has 1 aliphatic heterocycles. The maximum atomic E-state index is 5.90. The summed E-state index contributed by atoms with van der Waals surface area (Å²) in [7, 11) is 0. The van der Waals surface area contributed by atoms with Gasteiger partial charge in [0.15, 0.2) is 0 Å². The smallest absolute Gasteiger partial charge is 0.0582 e. The van der Waals surface area contributed by atoms with E-state index in [4.69, 9.17) is 4.74 Å². The number of rotatable bonds is 5. The van der Waals surface area contributed by atoms with Gasteiger partial charge >= 0.3 is 0 Å². The zero-order valence-corrected chi connectivity index (χ0v) is 11.7. The lowest BCUT2D eigenvalue weighted by atomic mass is 9.96. The van der Waals surface area contributed by atoms with E-state index in [-0.39, 0.29) is 5.54 Å². The highest BCUT2D eigenvalue weighted by atomic mass is 16.5. The van der Waals surface area contributed by atoms with Gasteiger partial charge in [-0.1, -0.05) is 13.3 Å². The molecule has 1 N–H and O–H groups in total. The van der Waals surface area contributed by atoms with Crippen molar-refractivity contribution in [2.45, 2.75) is 78.0 Å². The largest absolute Gasteiger partial charge is 0.375 e. The Kier molecular flexibility index (Phi) is 5.26. The average Bonchev–Trinajstić information content (AvgIpc) is 2.57. The summed E-state index contributed by atoms with van der Waals surface area (Å²) < 4.78 is 5.90. The molecule has 2 heteroatoms. The van der Waals surface area contributed by atoms with E-state index in [9.17, 15) is 0 Å². The van der Waals surface area contributed by atoms with Gasteiger partial charge in [0.25, 0.3) is 0 Å². The van der Waals surface area contributed by atoms with Crippen LogP contribution in [0.15, 0.2) is 0 Å². The van der Waals surface area contributed by atoms with E-state index in [0.29, 0.717) is 12.2 Å². The molecule has 0 aromatic heterocycles. The number of hydrogen-bond donors (Lipinski definition) is 1. The highest BCUT2D eigenvalue weighted by molar-refractivity contribution is 4.77. The van der Waals surface area contributed by atoms with E-state index in [1.807, 2.05) is 0 Å². The number of nitrogens with one attached hydrogen (secondary N) is 1. The second-order valence-corrected chi connectivity index (χ2v) is 6.29. The van der Waals surface area contributed by atoms with Crippen LogP contribution in [-0.2, 0) is 4.74 Å². The molecule has 96 valence electrons. The van der Waals surface area contributed by atoms with Gasteiger partial charge in [-0.25, -0.2) is 0 Å². The average molecular weight is 227 g/mol. The third kappa shape index (κ3) is 5.31. The molecular formula is C14H29NO. The maximum Gasteiger partial charge on any atom is 0.0582 e. The molecule has 0 aliphatic carbocycles. The summed E-state index contributed by atoms with van der Waals surface area (Å²) in [6, 6.07) is 0. The minimum absolute atomic E-state index is 0.233. The van der Waals surface area contributed by atoms with Crippen molar-refractivity contribution in [3.8, 4) is 0 Å². The van der Waals surface area contributed by atoms with Crippen molar-refractivity contribution >= 4 is 0 Å². The third-order valence-electron chi connectivity index (χ3n) is 3.41. The van der Waals surface area contributed by atoms with Crippen molar-refractivity contribution in [3.63, 3.8) is 0 Å². The molecule has 2 nitrogen and oxygen atoms in total. The van der Waals surface area contributed by atoms with Crippen LogP contribution in [0, 0.1) is 5.92 Å². The molecule has 0 aromatic carbocycles. The Morgan fingerprint density at radius 1 is 1.31 bits per heavy atom. The molecule has 1 aliphatic rings. The van der Waals surface area contributed by atoms with Crippen molar-refractivity contribution in [2.75, 3.05) is 6.54 Å².